The summed E-state index contributed by atoms with van der Waals surface area (Å²) in [5.41, 5.74) is 5.72. The van der Waals surface area contributed by atoms with Gasteiger partial charge in [0.25, 0.3) is 0 Å². The van der Waals surface area contributed by atoms with Crippen molar-refractivity contribution < 1.29 is 19.3 Å². The SMILES string of the molecule is CCC(=C(c1ccc(O)cc1)c1ccc(OCC2=COC(C)(C)O2)cc1)c1ccccc1. The number of benzene rings is 3. The first kappa shape index (κ1) is 21.6. The molecule has 0 unspecified atom stereocenters. The number of allylic oxidation sites excluding steroid dienone is 1. The Bertz CT molecular complexity index is 1110. The molecule has 0 saturated heterocycles. The molecule has 0 amide bonds. The molecule has 1 N–H and O–H groups in total. The van der Waals surface area contributed by atoms with E-state index in [1.165, 1.54) is 11.1 Å². The smallest absolute Gasteiger partial charge is 0.244 e. The highest BCUT2D eigenvalue weighted by atomic mass is 16.7. The van der Waals surface area contributed by atoms with Gasteiger partial charge in [-0.1, -0.05) is 61.5 Å². The first-order chi connectivity index (χ1) is 15.4. The van der Waals surface area contributed by atoms with Crippen LogP contribution in [0.1, 0.15) is 43.9 Å². The Hall–Kier alpha value is -3.66. The molecule has 0 aliphatic carbocycles. The van der Waals surface area contributed by atoms with Gasteiger partial charge in [-0.3, -0.25) is 0 Å². The monoisotopic (exact) mass is 428 g/mol. The Balaban J connectivity index is 1.64. The van der Waals surface area contributed by atoms with Crippen molar-refractivity contribution in [2.45, 2.75) is 33.0 Å². The highest BCUT2D eigenvalue weighted by molar-refractivity contribution is 5.98. The van der Waals surface area contributed by atoms with Crippen LogP contribution in [-0.4, -0.2) is 17.5 Å². The van der Waals surface area contributed by atoms with Gasteiger partial charge in [-0.2, -0.15) is 0 Å². The highest BCUT2D eigenvalue weighted by Crippen LogP contribution is 2.35. The Labute approximate surface area is 189 Å². The minimum Gasteiger partial charge on any atom is -0.508 e. The van der Waals surface area contributed by atoms with Crippen molar-refractivity contribution in [1.29, 1.82) is 0 Å². The molecule has 0 spiro atoms. The second-order valence-corrected chi connectivity index (χ2v) is 8.14. The molecule has 32 heavy (non-hydrogen) atoms. The maximum atomic E-state index is 9.78. The van der Waals surface area contributed by atoms with Gasteiger partial charge >= 0.3 is 0 Å². The standard InChI is InChI=1S/C28H28O4/c1-4-26(20-8-6-5-7-9-20)27(21-10-14-23(29)15-11-21)22-12-16-24(17-13-22)30-18-25-19-31-28(2,3)32-25/h5-17,19,29H,4,18H2,1-3H3. The van der Waals surface area contributed by atoms with Crippen LogP contribution in [-0.2, 0) is 9.47 Å². The lowest BCUT2D eigenvalue weighted by atomic mass is 9.88. The van der Waals surface area contributed by atoms with Gasteiger partial charge in [-0.15, -0.1) is 0 Å². The van der Waals surface area contributed by atoms with Crippen molar-refractivity contribution in [3.05, 3.63) is 108 Å². The molecular weight excluding hydrogens is 400 g/mol. The fourth-order valence-electron chi connectivity index (χ4n) is 3.82. The summed E-state index contributed by atoms with van der Waals surface area (Å²) >= 11 is 0. The minimum atomic E-state index is -0.639. The quantitative estimate of drug-likeness (QED) is 0.422. The first-order valence-electron chi connectivity index (χ1n) is 10.8. The van der Waals surface area contributed by atoms with Crippen LogP contribution in [0.5, 0.6) is 11.5 Å². The summed E-state index contributed by atoms with van der Waals surface area (Å²) in [7, 11) is 0. The third-order valence-corrected chi connectivity index (χ3v) is 5.31. The second kappa shape index (κ2) is 9.23. The zero-order chi connectivity index (χ0) is 22.6. The molecule has 164 valence electrons. The van der Waals surface area contributed by atoms with Crippen LogP contribution in [0.15, 0.2) is 90.9 Å². The van der Waals surface area contributed by atoms with E-state index >= 15 is 0 Å². The third kappa shape index (κ3) is 4.97. The van der Waals surface area contributed by atoms with Crippen molar-refractivity contribution in [3.8, 4) is 11.5 Å². The molecule has 1 aliphatic heterocycles. The van der Waals surface area contributed by atoms with Gasteiger partial charge < -0.3 is 19.3 Å². The summed E-state index contributed by atoms with van der Waals surface area (Å²) in [6.45, 7) is 6.20. The van der Waals surface area contributed by atoms with Crippen molar-refractivity contribution in [3.63, 3.8) is 0 Å². The molecule has 3 aromatic carbocycles. The summed E-state index contributed by atoms with van der Waals surface area (Å²) in [5, 5.41) is 9.78. The predicted molar refractivity (Wildman–Crippen MR) is 127 cm³/mol. The van der Waals surface area contributed by atoms with E-state index in [-0.39, 0.29) is 5.75 Å². The average Bonchev–Trinajstić information content (AvgIpc) is 3.16. The Morgan fingerprint density at radius 1 is 0.844 bits per heavy atom. The summed E-state index contributed by atoms with van der Waals surface area (Å²) < 4.78 is 17.0. The van der Waals surface area contributed by atoms with Crippen LogP contribution in [0.2, 0.25) is 0 Å². The van der Waals surface area contributed by atoms with E-state index in [4.69, 9.17) is 14.2 Å². The Kier molecular flexibility index (Phi) is 6.22. The van der Waals surface area contributed by atoms with Crippen LogP contribution in [0.3, 0.4) is 0 Å². The fraction of sp³-hybridized carbons (Fsp3) is 0.214. The zero-order valence-electron chi connectivity index (χ0n) is 18.7. The van der Waals surface area contributed by atoms with E-state index in [2.05, 4.69) is 43.3 Å². The Morgan fingerprint density at radius 3 is 2.03 bits per heavy atom. The lowest BCUT2D eigenvalue weighted by Gasteiger charge is -2.18. The largest absolute Gasteiger partial charge is 0.508 e. The molecule has 4 nitrogen and oxygen atoms in total. The number of hydrogen-bond acceptors (Lipinski definition) is 4. The maximum Gasteiger partial charge on any atom is 0.244 e. The molecule has 0 saturated carbocycles. The lowest BCUT2D eigenvalue weighted by molar-refractivity contribution is -0.119. The van der Waals surface area contributed by atoms with Gasteiger partial charge in [0.1, 0.15) is 24.4 Å². The van der Waals surface area contributed by atoms with Crippen LogP contribution in [0.25, 0.3) is 11.1 Å². The van der Waals surface area contributed by atoms with Gasteiger partial charge in [-0.05, 0) is 58.5 Å². The number of aromatic hydroxyl groups is 1. The third-order valence-electron chi connectivity index (χ3n) is 5.31. The van der Waals surface area contributed by atoms with Gasteiger partial charge in [0.05, 0.1) is 0 Å². The number of hydrogen-bond donors (Lipinski definition) is 1. The van der Waals surface area contributed by atoms with E-state index in [0.29, 0.717) is 12.4 Å². The topological polar surface area (TPSA) is 47.9 Å². The van der Waals surface area contributed by atoms with E-state index in [1.54, 1.807) is 18.4 Å². The summed E-state index contributed by atoms with van der Waals surface area (Å²) in [5.74, 6) is 1.04. The predicted octanol–water partition coefficient (Wildman–Crippen LogP) is 6.76. The van der Waals surface area contributed by atoms with Crippen LogP contribution in [0.4, 0.5) is 0 Å². The maximum absolute atomic E-state index is 9.78. The molecule has 1 aliphatic rings. The van der Waals surface area contributed by atoms with Crippen molar-refractivity contribution in [2.24, 2.45) is 0 Å². The van der Waals surface area contributed by atoms with E-state index in [1.807, 2.05) is 44.2 Å². The molecule has 0 atom stereocenters. The number of phenols is 1. The molecule has 4 heteroatoms. The van der Waals surface area contributed by atoms with Crippen LogP contribution < -0.4 is 4.74 Å². The van der Waals surface area contributed by atoms with Crippen molar-refractivity contribution in [1.82, 2.24) is 0 Å². The molecule has 0 fully saturated rings. The number of phenolic OH excluding ortho intramolecular Hbond substituents is 1. The Morgan fingerprint density at radius 2 is 1.47 bits per heavy atom. The molecule has 3 aromatic rings. The molecule has 0 radical (unpaired) electrons. The second-order valence-electron chi connectivity index (χ2n) is 8.14. The summed E-state index contributed by atoms with van der Waals surface area (Å²) in [6.07, 6.45) is 2.48. The molecule has 4 rings (SSSR count). The van der Waals surface area contributed by atoms with E-state index < -0.39 is 5.79 Å². The van der Waals surface area contributed by atoms with Crippen LogP contribution >= 0.6 is 0 Å². The molecule has 0 aromatic heterocycles. The molecule has 0 bridgehead atoms. The minimum absolute atomic E-state index is 0.255. The lowest BCUT2D eigenvalue weighted by Crippen LogP contribution is -2.21. The average molecular weight is 429 g/mol. The van der Waals surface area contributed by atoms with E-state index in [0.717, 1.165) is 28.9 Å². The first-order valence-corrected chi connectivity index (χ1v) is 10.8. The van der Waals surface area contributed by atoms with Crippen molar-refractivity contribution >= 4 is 11.1 Å². The highest BCUT2D eigenvalue weighted by Gasteiger charge is 2.27. The van der Waals surface area contributed by atoms with Gasteiger partial charge in [-0.25, -0.2) is 0 Å². The summed E-state index contributed by atoms with van der Waals surface area (Å²) in [6, 6.07) is 25.9. The van der Waals surface area contributed by atoms with E-state index in [9.17, 15) is 5.11 Å². The van der Waals surface area contributed by atoms with Crippen molar-refractivity contribution in [2.75, 3.05) is 6.61 Å². The summed E-state index contributed by atoms with van der Waals surface area (Å²) in [4.78, 5) is 0. The zero-order valence-corrected chi connectivity index (χ0v) is 18.7. The number of ether oxygens (including phenoxy) is 3. The normalized spacial score (nSPS) is 15.3. The molecular formula is C28H28O4. The fourth-order valence-corrected chi connectivity index (χ4v) is 3.82. The van der Waals surface area contributed by atoms with Gasteiger partial charge in [0.15, 0.2) is 5.76 Å². The van der Waals surface area contributed by atoms with Gasteiger partial charge in [0.2, 0.25) is 5.79 Å². The molecule has 1 heterocycles. The van der Waals surface area contributed by atoms with Gasteiger partial charge in [0, 0.05) is 13.8 Å². The number of rotatable bonds is 7. The van der Waals surface area contributed by atoms with Crippen LogP contribution in [0, 0.1) is 0 Å².